The van der Waals surface area contributed by atoms with Crippen molar-refractivity contribution in [2.24, 2.45) is 5.92 Å². The smallest absolute Gasteiger partial charge is 0.238 e. The average molecular weight is 392 g/mol. The minimum absolute atomic E-state index is 0.441. The molecule has 4 aromatic rings. The Labute approximate surface area is 176 Å². The van der Waals surface area contributed by atoms with Crippen molar-refractivity contribution in [3.05, 3.63) is 108 Å². The van der Waals surface area contributed by atoms with E-state index in [0.717, 1.165) is 29.7 Å². The van der Waals surface area contributed by atoms with Crippen molar-refractivity contribution in [2.75, 3.05) is 0 Å². The van der Waals surface area contributed by atoms with Gasteiger partial charge in [0, 0.05) is 12.0 Å². The SMILES string of the molecule is C=C1O[C@@]2(c3ccc4ccccc4c3)CC(C)C[C@]1(c1ccc3ccccc3c1)O2. The first kappa shape index (κ1) is 17.7. The second-order valence-electron chi connectivity index (χ2n) is 8.84. The first-order valence-corrected chi connectivity index (χ1v) is 10.7. The van der Waals surface area contributed by atoms with Crippen molar-refractivity contribution in [3.63, 3.8) is 0 Å². The first-order chi connectivity index (χ1) is 14.6. The number of ether oxygens (including phenoxy) is 2. The summed E-state index contributed by atoms with van der Waals surface area (Å²) in [5.41, 5.74) is 1.57. The largest absolute Gasteiger partial charge is 0.459 e. The Balaban J connectivity index is 1.50. The molecular weight excluding hydrogens is 368 g/mol. The third-order valence-corrected chi connectivity index (χ3v) is 6.74. The molecule has 2 heteroatoms. The van der Waals surface area contributed by atoms with Gasteiger partial charge in [0.2, 0.25) is 5.79 Å². The summed E-state index contributed by atoms with van der Waals surface area (Å²) < 4.78 is 13.4. The van der Waals surface area contributed by atoms with E-state index in [0.29, 0.717) is 5.92 Å². The highest BCUT2D eigenvalue weighted by atomic mass is 16.8. The normalized spacial score (nSPS) is 28.0. The van der Waals surface area contributed by atoms with Crippen molar-refractivity contribution in [1.82, 2.24) is 0 Å². The Kier molecular flexibility index (Phi) is 3.66. The maximum absolute atomic E-state index is 6.90. The number of hydrogen-bond donors (Lipinski definition) is 0. The van der Waals surface area contributed by atoms with E-state index >= 15 is 0 Å². The van der Waals surface area contributed by atoms with Crippen LogP contribution in [0.15, 0.2) is 97.3 Å². The molecule has 0 radical (unpaired) electrons. The molecule has 30 heavy (non-hydrogen) atoms. The number of fused-ring (bicyclic) bond motifs is 4. The van der Waals surface area contributed by atoms with E-state index in [4.69, 9.17) is 9.47 Å². The van der Waals surface area contributed by atoms with E-state index in [9.17, 15) is 0 Å². The summed E-state index contributed by atoms with van der Waals surface area (Å²) in [6.45, 7) is 6.63. The van der Waals surface area contributed by atoms with Gasteiger partial charge in [0.25, 0.3) is 0 Å². The maximum Gasteiger partial charge on any atom is 0.238 e. The van der Waals surface area contributed by atoms with Crippen LogP contribution in [0.2, 0.25) is 0 Å². The Morgan fingerprint density at radius 2 is 1.30 bits per heavy atom. The van der Waals surface area contributed by atoms with Crippen molar-refractivity contribution >= 4 is 21.5 Å². The Hall–Kier alpha value is -3.10. The van der Waals surface area contributed by atoms with Crippen LogP contribution < -0.4 is 0 Å². The predicted octanol–water partition coefficient (Wildman–Crippen LogP) is 7.03. The molecule has 0 saturated carbocycles. The van der Waals surface area contributed by atoms with Gasteiger partial charge in [0.1, 0.15) is 5.76 Å². The number of hydrogen-bond acceptors (Lipinski definition) is 2. The molecule has 148 valence electrons. The zero-order valence-corrected chi connectivity index (χ0v) is 17.1. The summed E-state index contributed by atoms with van der Waals surface area (Å²) in [4.78, 5) is 0. The molecule has 2 aliphatic rings. The topological polar surface area (TPSA) is 18.5 Å². The third-order valence-electron chi connectivity index (χ3n) is 6.74. The third kappa shape index (κ3) is 2.47. The molecule has 0 aliphatic carbocycles. The monoisotopic (exact) mass is 392 g/mol. The summed E-state index contributed by atoms with van der Waals surface area (Å²) in [7, 11) is 0. The molecule has 2 heterocycles. The van der Waals surface area contributed by atoms with Crippen LogP contribution in [0.3, 0.4) is 0 Å². The maximum atomic E-state index is 6.90. The highest BCUT2D eigenvalue weighted by molar-refractivity contribution is 5.84. The van der Waals surface area contributed by atoms with E-state index in [2.05, 4.69) is 98.4 Å². The fourth-order valence-electron chi connectivity index (χ4n) is 5.34. The number of benzene rings is 4. The highest BCUT2D eigenvalue weighted by Gasteiger charge is 2.60. The van der Waals surface area contributed by atoms with Gasteiger partial charge in [-0.1, -0.05) is 86.3 Å². The van der Waals surface area contributed by atoms with E-state index in [1.165, 1.54) is 21.5 Å². The standard InChI is InChI=1S/C28H24O2/c1-19-17-27(25-13-11-21-7-3-5-9-23(21)15-25)20(2)29-28(18-19,30-27)26-14-12-22-8-4-6-10-24(22)16-26/h3-16,19H,2,17-18H2,1H3/t19?,27-,28-/m0/s1. The lowest BCUT2D eigenvalue weighted by molar-refractivity contribution is -0.234. The van der Waals surface area contributed by atoms with Gasteiger partial charge in [0.15, 0.2) is 5.60 Å². The quantitative estimate of drug-likeness (QED) is 0.364. The lowest BCUT2D eigenvalue weighted by atomic mass is 9.78. The summed E-state index contributed by atoms with van der Waals surface area (Å²) in [6.07, 6.45) is 1.69. The van der Waals surface area contributed by atoms with Crippen LogP contribution >= 0.6 is 0 Å². The lowest BCUT2D eigenvalue weighted by Gasteiger charge is -2.40. The van der Waals surface area contributed by atoms with Crippen molar-refractivity contribution < 1.29 is 9.47 Å². The van der Waals surface area contributed by atoms with Gasteiger partial charge < -0.3 is 9.47 Å². The van der Waals surface area contributed by atoms with Gasteiger partial charge >= 0.3 is 0 Å². The minimum Gasteiger partial charge on any atom is -0.459 e. The van der Waals surface area contributed by atoms with Crippen LogP contribution in [-0.4, -0.2) is 0 Å². The van der Waals surface area contributed by atoms with E-state index in [1.807, 2.05) is 0 Å². The van der Waals surface area contributed by atoms with Gasteiger partial charge in [0.05, 0.1) is 0 Å². The zero-order chi connectivity index (χ0) is 20.3. The molecule has 6 rings (SSSR count). The highest BCUT2D eigenvalue weighted by Crippen LogP contribution is 2.60. The molecule has 1 unspecified atom stereocenters. The van der Waals surface area contributed by atoms with Crippen LogP contribution in [-0.2, 0) is 20.9 Å². The van der Waals surface area contributed by atoms with E-state index in [-0.39, 0.29) is 0 Å². The molecule has 0 spiro atoms. The number of rotatable bonds is 2. The molecule has 0 N–H and O–H groups in total. The predicted molar refractivity (Wildman–Crippen MR) is 121 cm³/mol. The van der Waals surface area contributed by atoms with Gasteiger partial charge in [-0.2, -0.15) is 0 Å². The molecule has 2 bridgehead atoms. The van der Waals surface area contributed by atoms with E-state index in [1.54, 1.807) is 0 Å². The fraction of sp³-hybridized carbons (Fsp3) is 0.214. The zero-order valence-electron chi connectivity index (χ0n) is 17.1. The van der Waals surface area contributed by atoms with Gasteiger partial charge in [-0.3, -0.25) is 0 Å². The molecule has 0 aromatic heterocycles. The van der Waals surface area contributed by atoms with Crippen molar-refractivity contribution in [2.45, 2.75) is 31.2 Å². The van der Waals surface area contributed by atoms with Crippen molar-refractivity contribution in [3.8, 4) is 0 Å². The fourth-order valence-corrected chi connectivity index (χ4v) is 5.34. The van der Waals surface area contributed by atoms with Crippen LogP contribution in [0.1, 0.15) is 30.9 Å². The molecule has 2 saturated heterocycles. The summed E-state index contributed by atoms with van der Waals surface area (Å²) in [5.74, 6) is 0.371. The summed E-state index contributed by atoms with van der Waals surface area (Å²) in [5, 5.41) is 4.86. The first-order valence-electron chi connectivity index (χ1n) is 10.7. The molecule has 3 atom stereocenters. The van der Waals surface area contributed by atoms with Crippen LogP contribution in [0, 0.1) is 5.92 Å². The minimum atomic E-state index is -0.787. The lowest BCUT2D eigenvalue weighted by Crippen LogP contribution is -2.41. The summed E-state index contributed by atoms with van der Waals surface area (Å²) >= 11 is 0. The molecular formula is C28H24O2. The van der Waals surface area contributed by atoms with Crippen LogP contribution in [0.5, 0.6) is 0 Å². The van der Waals surface area contributed by atoms with Gasteiger partial charge in [-0.05, 0) is 51.6 Å². The average Bonchev–Trinajstić information content (AvgIpc) is 2.99. The van der Waals surface area contributed by atoms with E-state index < -0.39 is 11.4 Å². The second-order valence-corrected chi connectivity index (χ2v) is 8.84. The molecule has 2 fully saturated rings. The Morgan fingerprint density at radius 1 is 0.733 bits per heavy atom. The van der Waals surface area contributed by atoms with Gasteiger partial charge in [-0.25, -0.2) is 0 Å². The van der Waals surface area contributed by atoms with Crippen molar-refractivity contribution in [1.29, 1.82) is 0 Å². The Morgan fingerprint density at radius 3 is 1.97 bits per heavy atom. The molecule has 0 amide bonds. The second kappa shape index (κ2) is 6.20. The molecule has 2 nitrogen and oxygen atoms in total. The molecule has 4 aromatic carbocycles. The Bertz CT molecular complexity index is 1310. The van der Waals surface area contributed by atoms with Crippen LogP contribution in [0.25, 0.3) is 21.5 Å². The summed E-state index contributed by atoms with van der Waals surface area (Å²) in [6, 6.07) is 29.9. The van der Waals surface area contributed by atoms with Crippen LogP contribution in [0.4, 0.5) is 0 Å². The molecule has 2 aliphatic heterocycles. The van der Waals surface area contributed by atoms with Gasteiger partial charge in [-0.15, -0.1) is 0 Å².